The third kappa shape index (κ3) is 6.83. The number of hydrogen-bond acceptors (Lipinski definition) is 5. The van der Waals surface area contributed by atoms with Crippen molar-refractivity contribution in [2.45, 2.75) is 26.1 Å². The molecule has 0 radical (unpaired) electrons. The Balaban J connectivity index is 1.47. The van der Waals surface area contributed by atoms with E-state index in [1.54, 1.807) is 37.3 Å². The SMILES string of the molecule is Cc1nncc2c1=CCC=C(C#Cc1ccnc(NC(=O)Nc3ccc(CN(C)C)c(C(F)(F)F)c3)c1)C=2. The molecule has 4 rings (SSSR count). The van der Waals surface area contributed by atoms with Crippen molar-refractivity contribution < 1.29 is 18.0 Å². The van der Waals surface area contributed by atoms with Gasteiger partial charge in [-0.1, -0.05) is 30.1 Å². The molecule has 2 N–H and O–H groups in total. The van der Waals surface area contributed by atoms with Crippen LogP contribution in [0.2, 0.25) is 0 Å². The topological polar surface area (TPSA) is 83.0 Å². The molecule has 3 aromatic rings. The van der Waals surface area contributed by atoms with E-state index in [0.29, 0.717) is 12.0 Å². The zero-order valence-electron chi connectivity index (χ0n) is 21.0. The number of nitrogens with one attached hydrogen (secondary N) is 2. The van der Waals surface area contributed by atoms with Gasteiger partial charge in [-0.3, -0.25) is 5.32 Å². The van der Waals surface area contributed by atoms with E-state index in [4.69, 9.17) is 0 Å². The van der Waals surface area contributed by atoms with Gasteiger partial charge in [-0.25, -0.2) is 9.78 Å². The smallest absolute Gasteiger partial charge is 0.308 e. The Morgan fingerprint density at radius 3 is 2.68 bits per heavy atom. The lowest BCUT2D eigenvalue weighted by Gasteiger charge is -2.18. The number of rotatable bonds is 4. The van der Waals surface area contributed by atoms with E-state index >= 15 is 0 Å². The van der Waals surface area contributed by atoms with Crippen LogP contribution in [0.15, 0.2) is 54.4 Å². The minimum atomic E-state index is -4.55. The first kappa shape index (κ1) is 26.6. The number of aromatic nitrogens is 3. The molecule has 2 aromatic heterocycles. The number of alkyl halides is 3. The monoisotopic (exact) mass is 518 g/mol. The van der Waals surface area contributed by atoms with Crippen LogP contribution in [0.4, 0.5) is 29.5 Å². The largest absolute Gasteiger partial charge is 0.416 e. The second-order valence-electron chi connectivity index (χ2n) is 8.91. The Morgan fingerprint density at radius 2 is 1.92 bits per heavy atom. The molecule has 0 spiro atoms. The van der Waals surface area contributed by atoms with Crippen LogP contribution in [-0.4, -0.2) is 40.2 Å². The van der Waals surface area contributed by atoms with Crippen molar-refractivity contribution in [3.05, 3.63) is 87.2 Å². The molecule has 1 aromatic carbocycles. The molecule has 0 saturated heterocycles. The highest BCUT2D eigenvalue weighted by Crippen LogP contribution is 2.34. The Kier molecular flexibility index (Phi) is 7.88. The lowest BCUT2D eigenvalue weighted by Crippen LogP contribution is -2.29. The second-order valence-corrected chi connectivity index (χ2v) is 8.91. The number of fused-ring (bicyclic) bond motifs is 1. The van der Waals surface area contributed by atoms with Crippen LogP contribution < -0.4 is 21.1 Å². The first-order valence-electron chi connectivity index (χ1n) is 11.7. The average molecular weight is 519 g/mol. The number of urea groups is 1. The van der Waals surface area contributed by atoms with Gasteiger partial charge >= 0.3 is 12.2 Å². The van der Waals surface area contributed by atoms with E-state index in [0.717, 1.165) is 27.8 Å². The van der Waals surface area contributed by atoms with E-state index < -0.39 is 17.8 Å². The second kappa shape index (κ2) is 11.3. The molecule has 10 heteroatoms. The van der Waals surface area contributed by atoms with Gasteiger partial charge in [0.15, 0.2) is 0 Å². The maximum absolute atomic E-state index is 13.5. The maximum Gasteiger partial charge on any atom is 0.416 e. The molecule has 1 aliphatic carbocycles. The third-order valence-electron chi connectivity index (χ3n) is 5.59. The molecular weight excluding hydrogens is 493 g/mol. The van der Waals surface area contributed by atoms with Crippen LogP contribution in [0, 0.1) is 18.8 Å². The van der Waals surface area contributed by atoms with Gasteiger partial charge in [0.05, 0.1) is 17.5 Å². The number of hydrogen-bond donors (Lipinski definition) is 2. The molecule has 0 fully saturated rings. The fraction of sp³-hybridized carbons (Fsp3) is 0.214. The molecule has 2 amide bonds. The standard InChI is InChI=1S/C28H25F3N6O/c1-18-24-6-4-5-19(13-22(24)16-33-36-18)7-8-20-11-12-32-26(14-20)35-27(38)34-23-10-9-21(17-37(2)3)25(15-23)28(29,30)31/h5-6,9-16H,4,17H2,1-3H3,(H2,32,34,35,38). The number of anilines is 2. The quantitative estimate of drug-likeness (QED) is 0.513. The van der Waals surface area contributed by atoms with Crippen LogP contribution in [0.25, 0.3) is 12.2 Å². The highest BCUT2D eigenvalue weighted by atomic mass is 19.4. The summed E-state index contributed by atoms with van der Waals surface area (Å²) in [6.07, 6.45) is 5.36. The van der Waals surface area contributed by atoms with E-state index in [9.17, 15) is 18.0 Å². The number of allylic oxidation sites excluding steroid dienone is 2. The molecule has 0 bridgehead atoms. The zero-order valence-corrected chi connectivity index (χ0v) is 21.0. The van der Waals surface area contributed by atoms with Gasteiger partial charge < -0.3 is 10.2 Å². The van der Waals surface area contributed by atoms with Crippen LogP contribution in [0.1, 0.15) is 28.8 Å². The van der Waals surface area contributed by atoms with Crippen molar-refractivity contribution in [1.29, 1.82) is 0 Å². The van der Waals surface area contributed by atoms with Gasteiger partial charge in [0.2, 0.25) is 0 Å². The molecule has 0 unspecified atom stereocenters. The first-order valence-corrected chi connectivity index (χ1v) is 11.7. The van der Waals surface area contributed by atoms with Crippen LogP contribution in [0.3, 0.4) is 0 Å². The first-order chi connectivity index (χ1) is 18.1. The van der Waals surface area contributed by atoms with Crippen molar-refractivity contribution in [2.24, 2.45) is 0 Å². The van der Waals surface area contributed by atoms with Gasteiger partial charge in [0.25, 0.3) is 0 Å². The molecule has 1 aliphatic rings. The van der Waals surface area contributed by atoms with Gasteiger partial charge in [0.1, 0.15) is 5.82 Å². The van der Waals surface area contributed by atoms with E-state index in [-0.39, 0.29) is 23.6 Å². The van der Waals surface area contributed by atoms with Gasteiger partial charge in [-0.15, -0.1) is 0 Å². The number of halogens is 3. The molecule has 0 saturated carbocycles. The Morgan fingerprint density at radius 1 is 1.11 bits per heavy atom. The number of aryl methyl sites for hydroxylation is 1. The minimum absolute atomic E-state index is 0.0149. The van der Waals surface area contributed by atoms with Crippen molar-refractivity contribution in [1.82, 2.24) is 20.1 Å². The summed E-state index contributed by atoms with van der Waals surface area (Å²) >= 11 is 0. The Hall–Kier alpha value is -4.49. The number of carbonyl (C=O) groups excluding carboxylic acids is 1. The van der Waals surface area contributed by atoms with Crippen molar-refractivity contribution in [3.63, 3.8) is 0 Å². The van der Waals surface area contributed by atoms with Crippen molar-refractivity contribution >= 4 is 29.7 Å². The summed E-state index contributed by atoms with van der Waals surface area (Å²) in [5.74, 6) is 6.38. The van der Waals surface area contributed by atoms with Gasteiger partial charge in [-0.05, 0) is 63.3 Å². The third-order valence-corrected chi connectivity index (χ3v) is 5.59. The van der Waals surface area contributed by atoms with Gasteiger partial charge in [-0.2, -0.15) is 23.4 Å². The van der Waals surface area contributed by atoms with E-state index in [1.807, 2.05) is 19.1 Å². The van der Waals surface area contributed by atoms with E-state index in [1.165, 1.54) is 18.3 Å². The van der Waals surface area contributed by atoms with E-state index in [2.05, 4.69) is 43.7 Å². The van der Waals surface area contributed by atoms with Crippen molar-refractivity contribution in [3.8, 4) is 11.8 Å². The summed E-state index contributed by atoms with van der Waals surface area (Å²) in [6.45, 7) is 2.02. The molecule has 0 atom stereocenters. The lowest BCUT2D eigenvalue weighted by molar-refractivity contribution is -0.138. The Bertz CT molecular complexity index is 1580. The number of benzene rings is 1. The normalized spacial score (nSPS) is 12.7. The number of pyridine rings is 1. The number of nitrogens with zero attached hydrogens (tertiary/aromatic N) is 4. The molecule has 194 valence electrons. The predicted molar refractivity (Wildman–Crippen MR) is 140 cm³/mol. The molecule has 38 heavy (non-hydrogen) atoms. The average Bonchev–Trinajstić information content (AvgIpc) is 3.06. The summed E-state index contributed by atoms with van der Waals surface area (Å²) in [6, 6.07) is 6.27. The summed E-state index contributed by atoms with van der Waals surface area (Å²) in [4.78, 5) is 18.2. The predicted octanol–water partition coefficient (Wildman–Crippen LogP) is 3.85. The molecular formula is C28H25F3N6O. The Labute approximate surface area is 217 Å². The highest BCUT2D eigenvalue weighted by Gasteiger charge is 2.33. The highest BCUT2D eigenvalue weighted by molar-refractivity contribution is 5.99. The molecule has 0 aliphatic heterocycles. The van der Waals surface area contributed by atoms with Crippen LogP contribution >= 0.6 is 0 Å². The minimum Gasteiger partial charge on any atom is -0.308 e. The molecule has 7 nitrogen and oxygen atoms in total. The van der Waals surface area contributed by atoms with Crippen molar-refractivity contribution in [2.75, 3.05) is 24.7 Å². The summed E-state index contributed by atoms with van der Waals surface area (Å²) < 4.78 is 40.6. The summed E-state index contributed by atoms with van der Waals surface area (Å²) in [5.41, 5.74) is 1.60. The fourth-order valence-electron chi connectivity index (χ4n) is 3.90. The van der Waals surface area contributed by atoms with Gasteiger partial charge in [0, 0.05) is 40.0 Å². The fourth-order valence-corrected chi connectivity index (χ4v) is 3.90. The van der Waals surface area contributed by atoms with Crippen LogP contribution in [0.5, 0.6) is 0 Å². The summed E-state index contributed by atoms with van der Waals surface area (Å²) in [7, 11) is 3.37. The number of carbonyl (C=O) groups is 1. The van der Waals surface area contributed by atoms with Crippen LogP contribution in [-0.2, 0) is 12.7 Å². The lowest BCUT2D eigenvalue weighted by atomic mass is 10.1. The zero-order chi connectivity index (χ0) is 27.3. The maximum atomic E-state index is 13.5. The summed E-state index contributed by atoms with van der Waals surface area (Å²) in [5, 5.41) is 15.0. The molecule has 2 heterocycles. The number of amides is 2.